The third-order valence-corrected chi connectivity index (χ3v) is 5.37. The third-order valence-electron chi connectivity index (χ3n) is 5.37. The molecule has 0 radical (unpaired) electrons. The molecule has 35 heavy (non-hydrogen) atoms. The van der Waals surface area contributed by atoms with Gasteiger partial charge in [0, 0.05) is 22.3 Å². The quantitative estimate of drug-likeness (QED) is 0.178. The summed E-state index contributed by atoms with van der Waals surface area (Å²) in [5.41, 5.74) is 1.73. The third kappa shape index (κ3) is 5.50. The van der Waals surface area contributed by atoms with Crippen LogP contribution in [0.1, 0.15) is 38.9 Å². The lowest BCUT2D eigenvalue weighted by atomic mass is 9.96. The Balaban J connectivity index is 1.69. The van der Waals surface area contributed by atoms with Gasteiger partial charge in [-0.15, -0.1) is 0 Å². The van der Waals surface area contributed by atoms with Gasteiger partial charge in [0.05, 0.1) is 11.1 Å². The SMILES string of the molecule is Cc1ccc2c(C#Cc3ccc(C(F)(F)F)cc3)cccc2c1C#Cc1ccc(C(F)(F)F)cc1. The second-order valence-electron chi connectivity index (χ2n) is 7.81. The predicted octanol–water partition coefficient (Wildman–Crippen LogP) is 7.99. The number of halogens is 6. The van der Waals surface area contributed by atoms with Crippen molar-refractivity contribution in [3.05, 3.63) is 118 Å². The second-order valence-corrected chi connectivity index (χ2v) is 7.81. The summed E-state index contributed by atoms with van der Waals surface area (Å²) in [4.78, 5) is 0. The number of rotatable bonds is 0. The number of hydrogen-bond donors (Lipinski definition) is 0. The summed E-state index contributed by atoms with van der Waals surface area (Å²) in [6, 6.07) is 18.5. The highest BCUT2D eigenvalue weighted by Crippen LogP contribution is 2.30. The highest BCUT2D eigenvalue weighted by Gasteiger charge is 2.30. The monoisotopic (exact) mass is 478 g/mol. The summed E-state index contributed by atoms with van der Waals surface area (Å²) in [5, 5.41) is 1.64. The van der Waals surface area contributed by atoms with E-state index in [4.69, 9.17) is 0 Å². The molecular weight excluding hydrogens is 462 g/mol. The maximum Gasteiger partial charge on any atom is 0.416 e. The van der Waals surface area contributed by atoms with Crippen molar-refractivity contribution in [3.8, 4) is 23.7 Å². The molecule has 0 saturated carbocycles. The van der Waals surface area contributed by atoms with Crippen molar-refractivity contribution in [3.63, 3.8) is 0 Å². The molecule has 0 saturated heterocycles. The smallest absolute Gasteiger partial charge is 0.166 e. The molecule has 174 valence electrons. The molecule has 6 heteroatoms. The van der Waals surface area contributed by atoms with Crippen molar-refractivity contribution >= 4 is 10.8 Å². The standard InChI is InChI=1S/C29H16F6/c1-19-5-17-26-22(12-6-20-7-13-23(14-8-20)28(30,31)32)3-2-4-27(26)25(19)18-11-21-9-15-24(16-10-21)29(33,34)35/h2-5,7-10,13-17H,1H3. The first kappa shape index (κ1) is 24.0. The summed E-state index contributed by atoms with van der Waals surface area (Å²) in [6.07, 6.45) is -8.81. The van der Waals surface area contributed by atoms with Crippen LogP contribution < -0.4 is 0 Å². The van der Waals surface area contributed by atoms with Gasteiger partial charge in [0.25, 0.3) is 0 Å². The van der Waals surface area contributed by atoms with Gasteiger partial charge < -0.3 is 0 Å². The van der Waals surface area contributed by atoms with E-state index in [1.807, 2.05) is 37.3 Å². The number of fused-ring (bicyclic) bond motifs is 1. The van der Waals surface area contributed by atoms with Gasteiger partial charge in [-0.05, 0) is 77.9 Å². The first-order valence-corrected chi connectivity index (χ1v) is 10.4. The van der Waals surface area contributed by atoms with Crippen LogP contribution in [0.3, 0.4) is 0 Å². The summed E-state index contributed by atoms with van der Waals surface area (Å²) in [6.45, 7) is 1.89. The number of benzene rings is 4. The molecule has 0 amide bonds. The first-order valence-electron chi connectivity index (χ1n) is 10.4. The Morgan fingerprint density at radius 3 is 1.54 bits per heavy atom. The van der Waals surface area contributed by atoms with Gasteiger partial charge in [0.1, 0.15) is 0 Å². The van der Waals surface area contributed by atoms with Gasteiger partial charge in [0.15, 0.2) is 0 Å². The molecule has 0 N–H and O–H groups in total. The van der Waals surface area contributed by atoms with Crippen molar-refractivity contribution < 1.29 is 26.3 Å². The Kier molecular flexibility index (Phi) is 6.33. The van der Waals surface area contributed by atoms with Crippen LogP contribution in [-0.2, 0) is 12.4 Å². The van der Waals surface area contributed by atoms with E-state index in [1.165, 1.54) is 24.3 Å². The average molecular weight is 478 g/mol. The molecule has 0 aliphatic heterocycles. The molecule has 0 aliphatic rings. The molecule has 0 unspecified atom stereocenters. The van der Waals surface area contributed by atoms with Crippen LogP contribution in [0.5, 0.6) is 0 Å². The van der Waals surface area contributed by atoms with Gasteiger partial charge in [-0.2, -0.15) is 26.3 Å². The Morgan fingerprint density at radius 1 is 0.514 bits per heavy atom. The normalized spacial score (nSPS) is 11.4. The molecule has 0 bridgehead atoms. The average Bonchev–Trinajstić information content (AvgIpc) is 2.81. The largest absolute Gasteiger partial charge is 0.416 e. The Morgan fingerprint density at radius 2 is 1.03 bits per heavy atom. The van der Waals surface area contributed by atoms with E-state index in [-0.39, 0.29) is 0 Å². The van der Waals surface area contributed by atoms with E-state index in [2.05, 4.69) is 23.7 Å². The van der Waals surface area contributed by atoms with Crippen molar-refractivity contribution in [2.75, 3.05) is 0 Å². The van der Waals surface area contributed by atoms with Gasteiger partial charge >= 0.3 is 12.4 Å². The molecule has 0 fully saturated rings. The van der Waals surface area contributed by atoms with Gasteiger partial charge in [0.2, 0.25) is 0 Å². The van der Waals surface area contributed by atoms with Gasteiger partial charge in [-0.25, -0.2) is 0 Å². The van der Waals surface area contributed by atoms with Crippen LogP contribution >= 0.6 is 0 Å². The van der Waals surface area contributed by atoms with E-state index in [0.717, 1.165) is 46.2 Å². The minimum Gasteiger partial charge on any atom is -0.166 e. The summed E-state index contributed by atoms with van der Waals surface area (Å²) in [7, 11) is 0. The second kappa shape index (κ2) is 9.24. The van der Waals surface area contributed by atoms with Crippen LogP contribution in [0.15, 0.2) is 78.9 Å². The van der Waals surface area contributed by atoms with Crippen LogP contribution in [0.2, 0.25) is 0 Å². The minimum atomic E-state index is -4.41. The maximum atomic E-state index is 12.8. The van der Waals surface area contributed by atoms with E-state index in [0.29, 0.717) is 16.7 Å². The fraction of sp³-hybridized carbons (Fsp3) is 0.103. The van der Waals surface area contributed by atoms with Crippen LogP contribution in [-0.4, -0.2) is 0 Å². The zero-order chi connectivity index (χ0) is 25.2. The lowest BCUT2D eigenvalue weighted by molar-refractivity contribution is -0.138. The van der Waals surface area contributed by atoms with Crippen molar-refractivity contribution in [2.24, 2.45) is 0 Å². The lowest BCUT2D eigenvalue weighted by Gasteiger charge is -2.07. The summed E-state index contributed by atoms with van der Waals surface area (Å²) < 4.78 is 76.6. The molecule has 4 rings (SSSR count). The molecule has 0 aliphatic carbocycles. The fourth-order valence-corrected chi connectivity index (χ4v) is 3.50. The van der Waals surface area contributed by atoms with Crippen molar-refractivity contribution in [1.82, 2.24) is 0 Å². The molecule has 0 atom stereocenters. The topological polar surface area (TPSA) is 0 Å². The molecular formula is C29H16F6. The van der Waals surface area contributed by atoms with E-state index in [9.17, 15) is 26.3 Å². The first-order chi connectivity index (χ1) is 16.5. The molecule has 0 nitrogen and oxygen atoms in total. The van der Waals surface area contributed by atoms with Gasteiger partial charge in [-0.3, -0.25) is 0 Å². The Bertz CT molecular complexity index is 1500. The van der Waals surface area contributed by atoms with Gasteiger partial charge in [-0.1, -0.05) is 47.9 Å². The van der Waals surface area contributed by atoms with Crippen LogP contribution in [0.4, 0.5) is 26.3 Å². The molecule has 0 aromatic heterocycles. The number of hydrogen-bond acceptors (Lipinski definition) is 0. The fourth-order valence-electron chi connectivity index (χ4n) is 3.50. The molecule has 0 spiro atoms. The number of alkyl halides is 6. The van der Waals surface area contributed by atoms with E-state index >= 15 is 0 Å². The Labute approximate surface area is 198 Å². The highest BCUT2D eigenvalue weighted by atomic mass is 19.4. The Hall–Kier alpha value is -4.16. The zero-order valence-corrected chi connectivity index (χ0v) is 18.3. The zero-order valence-electron chi connectivity index (χ0n) is 18.3. The minimum absolute atomic E-state index is 0.449. The molecule has 0 heterocycles. The summed E-state index contributed by atoms with van der Waals surface area (Å²) >= 11 is 0. The van der Waals surface area contributed by atoms with Crippen LogP contribution in [0, 0.1) is 30.6 Å². The van der Waals surface area contributed by atoms with Crippen molar-refractivity contribution in [1.29, 1.82) is 0 Å². The summed E-state index contributed by atoms with van der Waals surface area (Å²) in [5.74, 6) is 11.9. The van der Waals surface area contributed by atoms with Crippen LogP contribution in [0.25, 0.3) is 10.8 Å². The van der Waals surface area contributed by atoms with Crippen molar-refractivity contribution in [2.45, 2.75) is 19.3 Å². The number of aryl methyl sites for hydroxylation is 1. The van der Waals surface area contributed by atoms with E-state index < -0.39 is 23.5 Å². The highest BCUT2D eigenvalue weighted by molar-refractivity contribution is 5.93. The lowest BCUT2D eigenvalue weighted by Crippen LogP contribution is -2.04. The molecule has 4 aromatic carbocycles. The molecule has 4 aromatic rings. The van der Waals surface area contributed by atoms with E-state index in [1.54, 1.807) is 0 Å². The predicted molar refractivity (Wildman–Crippen MR) is 124 cm³/mol. The maximum absolute atomic E-state index is 12.8.